The number of alkyl halides is 3. The van der Waals surface area contributed by atoms with Crippen LogP contribution in [0.3, 0.4) is 0 Å². The van der Waals surface area contributed by atoms with Crippen molar-refractivity contribution < 1.29 is 18.0 Å². The van der Waals surface area contributed by atoms with Crippen LogP contribution in [0.1, 0.15) is 34.1 Å². The largest absolute Gasteiger partial charge is 0.416 e. The summed E-state index contributed by atoms with van der Waals surface area (Å²) in [6.07, 6.45) is 0.851. The van der Waals surface area contributed by atoms with E-state index in [1.165, 1.54) is 29.1 Å². The monoisotopic (exact) mass is 389 g/mol. The van der Waals surface area contributed by atoms with E-state index in [0.29, 0.717) is 6.42 Å². The number of nitrogens with one attached hydrogen (secondary N) is 1. The summed E-state index contributed by atoms with van der Waals surface area (Å²) >= 11 is 0. The molecule has 3 rings (SSSR count). The second-order valence-electron chi connectivity index (χ2n) is 6.40. The molecular formula is C19H18F3N5O. The van der Waals surface area contributed by atoms with Gasteiger partial charge < -0.3 is 5.32 Å². The predicted octanol–water partition coefficient (Wildman–Crippen LogP) is 3.10. The molecule has 6 nitrogen and oxygen atoms in total. The number of carbonyl (C=O) groups excluding carboxylic acids is 1. The maximum Gasteiger partial charge on any atom is 0.416 e. The van der Waals surface area contributed by atoms with Gasteiger partial charge in [-0.1, -0.05) is 29.5 Å². The number of aromatic nitrogens is 4. The number of halogens is 3. The number of carbonyl (C=O) groups is 1. The van der Waals surface area contributed by atoms with E-state index >= 15 is 0 Å². The third kappa shape index (κ3) is 4.93. The number of amides is 1. The van der Waals surface area contributed by atoms with Gasteiger partial charge in [-0.15, -0.1) is 5.10 Å². The van der Waals surface area contributed by atoms with Crippen molar-refractivity contribution in [1.82, 2.24) is 25.3 Å². The Balaban J connectivity index is 1.65. The topological polar surface area (TPSA) is 72.7 Å². The number of benzene rings is 1. The first-order valence-corrected chi connectivity index (χ1v) is 8.58. The van der Waals surface area contributed by atoms with Crippen molar-refractivity contribution in [3.8, 4) is 0 Å². The molecule has 2 heterocycles. The fourth-order valence-electron chi connectivity index (χ4n) is 2.81. The highest BCUT2D eigenvalue weighted by Crippen LogP contribution is 2.32. The summed E-state index contributed by atoms with van der Waals surface area (Å²) in [4.78, 5) is 16.3. The minimum atomic E-state index is -4.46. The van der Waals surface area contributed by atoms with Crippen LogP contribution in [-0.4, -0.2) is 31.9 Å². The highest BCUT2D eigenvalue weighted by Gasteiger charge is 2.33. The van der Waals surface area contributed by atoms with E-state index in [9.17, 15) is 18.0 Å². The first kappa shape index (κ1) is 19.5. The zero-order valence-corrected chi connectivity index (χ0v) is 15.0. The number of rotatable bonds is 6. The molecule has 0 aliphatic carbocycles. The minimum absolute atomic E-state index is 0.0440. The van der Waals surface area contributed by atoms with Gasteiger partial charge in [-0.2, -0.15) is 13.2 Å². The van der Waals surface area contributed by atoms with Gasteiger partial charge in [0, 0.05) is 18.4 Å². The normalized spacial score (nSPS) is 12.6. The predicted molar refractivity (Wildman–Crippen MR) is 95.4 cm³/mol. The van der Waals surface area contributed by atoms with E-state index in [0.717, 1.165) is 11.6 Å². The Labute approximate surface area is 159 Å². The fourth-order valence-corrected chi connectivity index (χ4v) is 2.81. The Morgan fingerprint density at radius 3 is 2.71 bits per heavy atom. The van der Waals surface area contributed by atoms with E-state index in [2.05, 4.69) is 20.6 Å². The molecule has 9 heteroatoms. The quantitative estimate of drug-likeness (QED) is 0.703. The Morgan fingerprint density at radius 2 is 2.00 bits per heavy atom. The van der Waals surface area contributed by atoms with Crippen LogP contribution in [0.2, 0.25) is 0 Å². The molecule has 0 unspecified atom stereocenters. The van der Waals surface area contributed by atoms with E-state index in [1.807, 2.05) is 19.1 Å². The van der Waals surface area contributed by atoms with Gasteiger partial charge in [-0.25, -0.2) is 4.68 Å². The van der Waals surface area contributed by atoms with Gasteiger partial charge in [0.1, 0.15) is 0 Å². The molecule has 0 aliphatic heterocycles. The van der Waals surface area contributed by atoms with Crippen molar-refractivity contribution in [2.24, 2.45) is 0 Å². The zero-order valence-electron chi connectivity index (χ0n) is 15.0. The average Bonchev–Trinajstić information content (AvgIpc) is 3.11. The maximum atomic E-state index is 13.1. The lowest BCUT2D eigenvalue weighted by atomic mass is 10.1. The molecule has 1 atom stereocenters. The molecule has 2 aromatic heterocycles. The number of nitrogens with zero attached hydrogens (tertiary/aromatic N) is 4. The standard InChI is InChI=1S/C19H18F3N5O/c1-13(9-14-5-4-8-23-10-14)24-18(28)17-12-27(26-25-17)11-15-6-2-3-7-16(15)19(20,21)22/h2-8,10,12-13H,9,11H2,1H3,(H,24,28)/t13-/m0/s1. The molecule has 3 aromatic rings. The molecule has 0 fully saturated rings. The second kappa shape index (κ2) is 8.20. The van der Waals surface area contributed by atoms with Crippen LogP contribution < -0.4 is 5.32 Å². The van der Waals surface area contributed by atoms with E-state index in [1.54, 1.807) is 12.4 Å². The summed E-state index contributed by atoms with van der Waals surface area (Å²) < 4.78 is 40.5. The van der Waals surface area contributed by atoms with E-state index in [-0.39, 0.29) is 23.8 Å². The second-order valence-corrected chi connectivity index (χ2v) is 6.40. The van der Waals surface area contributed by atoms with Gasteiger partial charge in [0.25, 0.3) is 5.91 Å². The highest BCUT2D eigenvalue weighted by atomic mass is 19.4. The Morgan fingerprint density at radius 1 is 1.21 bits per heavy atom. The summed E-state index contributed by atoms with van der Waals surface area (Å²) in [7, 11) is 0. The Kier molecular flexibility index (Phi) is 5.72. The van der Waals surface area contributed by atoms with Gasteiger partial charge in [-0.3, -0.25) is 9.78 Å². The lowest BCUT2D eigenvalue weighted by Crippen LogP contribution is -2.34. The third-order valence-electron chi connectivity index (χ3n) is 4.07. The van der Waals surface area contributed by atoms with Crippen LogP contribution in [0.15, 0.2) is 55.0 Å². The van der Waals surface area contributed by atoms with Gasteiger partial charge in [0.2, 0.25) is 0 Å². The van der Waals surface area contributed by atoms with Crippen LogP contribution in [-0.2, 0) is 19.1 Å². The van der Waals surface area contributed by atoms with E-state index < -0.39 is 17.6 Å². The number of pyridine rings is 1. The molecule has 1 N–H and O–H groups in total. The van der Waals surface area contributed by atoms with Crippen molar-refractivity contribution >= 4 is 5.91 Å². The molecule has 146 valence electrons. The van der Waals surface area contributed by atoms with Crippen LogP contribution in [0, 0.1) is 0 Å². The zero-order chi connectivity index (χ0) is 20.1. The van der Waals surface area contributed by atoms with Crippen LogP contribution >= 0.6 is 0 Å². The Bertz CT molecular complexity index is 940. The third-order valence-corrected chi connectivity index (χ3v) is 4.07. The SMILES string of the molecule is C[C@@H](Cc1cccnc1)NC(=O)c1cn(Cc2ccccc2C(F)(F)F)nn1. The maximum absolute atomic E-state index is 13.1. The fraction of sp³-hybridized carbons (Fsp3) is 0.263. The molecule has 0 saturated heterocycles. The van der Waals surface area contributed by atoms with Crippen molar-refractivity contribution in [3.63, 3.8) is 0 Å². The molecule has 28 heavy (non-hydrogen) atoms. The summed E-state index contributed by atoms with van der Waals surface area (Å²) in [6, 6.07) is 8.79. The first-order chi connectivity index (χ1) is 13.3. The molecule has 0 aliphatic rings. The summed E-state index contributed by atoms with van der Waals surface area (Å²) in [5, 5.41) is 10.3. The summed E-state index contributed by atoms with van der Waals surface area (Å²) in [5.74, 6) is -0.438. The highest BCUT2D eigenvalue weighted by molar-refractivity contribution is 5.92. The molecule has 1 amide bonds. The first-order valence-electron chi connectivity index (χ1n) is 8.58. The number of hydrogen-bond donors (Lipinski definition) is 1. The smallest absolute Gasteiger partial charge is 0.348 e. The van der Waals surface area contributed by atoms with E-state index in [4.69, 9.17) is 0 Å². The van der Waals surface area contributed by atoms with Gasteiger partial charge >= 0.3 is 6.18 Å². The Hall–Kier alpha value is -3.23. The van der Waals surface area contributed by atoms with Crippen molar-refractivity contribution in [3.05, 3.63) is 77.4 Å². The average molecular weight is 389 g/mol. The van der Waals surface area contributed by atoms with Crippen LogP contribution in [0.4, 0.5) is 13.2 Å². The van der Waals surface area contributed by atoms with Gasteiger partial charge in [-0.05, 0) is 36.6 Å². The lowest BCUT2D eigenvalue weighted by molar-refractivity contribution is -0.138. The van der Waals surface area contributed by atoms with Gasteiger partial charge in [0.05, 0.1) is 18.3 Å². The van der Waals surface area contributed by atoms with Crippen LogP contribution in [0.5, 0.6) is 0 Å². The summed E-state index contributed by atoms with van der Waals surface area (Å²) in [5.41, 5.74) is 0.337. The van der Waals surface area contributed by atoms with Crippen LogP contribution in [0.25, 0.3) is 0 Å². The van der Waals surface area contributed by atoms with Gasteiger partial charge in [0.15, 0.2) is 5.69 Å². The molecule has 0 saturated carbocycles. The molecule has 0 bridgehead atoms. The summed E-state index contributed by atoms with van der Waals surface area (Å²) in [6.45, 7) is 1.70. The lowest BCUT2D eigenvalue weighted by Gasteiger charge is -2.12. The molecule has 1 aromatic carbocycles. The van der Waals surface area contributed by atoms with Crippen molar-refractivity contribution in [1.29, 1.82) is 0 Å². The molecule has 0 radical (unpaired) electrons. The minimum Gasteiger partial charge on any atom is -0.348 e. The molecular weight excluding hydrogens is 371 g/mol. The number of hydrogen-bond acceptors (Lipinski definition) is 4. The molecule has 0 spiro atoms. The van der Waals surface area contributed by atoms with Crippen molar-refractivity contribution in [2.45, 2.75) is 32.1 Å². The van der Waals surface area contributed by atoms with Crippen molar-refractivity contribution in [2.75, 3.05) is 0 Å².